The smallest absolute Gasteiger partial charge is 0.136 e. The third-order valence-corrected chi connectivity index (χ3v) is 2.19. The van der Waals surface area contributed by atoms with Crippen molar-refractivity contribution < 1.29 is 5.11 Å². The minimum absolute atomic E-state index is 0.0905. The predicted molar refractivity (Wildman–Crippen MR) is 47.4 cm³/mol. The minimum atomic E-state index is 0.0905. The highest BCUT2D eigenvalue weighted by molar-refractivity contribution is 6.36. The standard InChI is InChI=1S/C8H7ClN2O/c1-11-8-5(4-10-11)2-3-6(12)7(8)9/h2-4,12H,1H3. The van der Waals surface area contributed by atoms with Crippen LogP contribution in [0.4, 0.5) is 0 Å². The topological polar surface area (TPSA) is 38.0 Å². The Bertz CT molecular complexity index is 436. The van der Waals surface area contributed by atoms with Gasteiger partial charge >= 0.3 is 0 Å². The zero-order valence-corrected chi connectivity index (χ0v) is 7.21. The van der Waals surface area contributed by atoms with Crippen LogP contribution in [0.5, 0.6) is 5.75 Å². The molecule has 4 heteroatoms. The number of hydrogen-bond donors (Lipinski definition) is 1. The van der Waals surface area contributed by atoms with Crippen LogP contribution in [0.2, 0.25) is 5.02 Å². The Morgan fingerprint density at radius 2 is 2.25 bits per heavy atom. The molecule has 2 rings (SSSR count). The van der Waals surface area contributed by atoms with Crippen LogP contribution in [0.1, 0.15) is 0 Å². The Hall–Kier alpha value is -1.22. The second-order valence-electron chi connectivity index (χ2n) is 2.60. The van der Waals surface area contributed by atoms with Crippen LogP contribution >= 0.6 is 11.6 Å². The lowest BCUT2D eigenvalue weighted by atomic mass is 10.2. The highest BCUT2D eigenvalue weighted by Gasteiger charge is 2.07. The average molecular weight is 183 g/mol. The summed E-state index contributed by atoms with van der Waals surface area (Å²) in [5.74, 6) is 0.0905. The number of halogens is 1. The van der Waals surface area contributed by atoms with Crippen molar-refractivity contribution in [1.29, 1.82) is 0 Å². The van der Waals surface area contributed by atoms with Gasteiger partial charge in [-0.3, -0.25) is 4.68 Å². The zero-order chi connectivity index (χ0) is 8.72. The number of phenolic OH excluding ortho intramolecular Hbond substituents is 1. The molecular formula is C8H7ClN2O. The van der Waals surface area contributed by atoms with E-state index in [1.807, 2.05) is 0 Å². The van der Waals surface area contributed by atoms with Gasteiger partial charge in [0.1, 0.15) is 10.8 Å². The number of fused-ring (bicyclic) bond motifs is 1. The zero-order valence-electron chi connectivity index (χ0n) is 6.45. The number of nitrogens with zero attached hydrogens (tertiary/aromatic N) is 2. The Balaban J connectivity index is 2.96. The van der Waals surface area contributed by atoms with E-state index in [4.69, 9.17) is 11.6 Å². The van der Waals surface area contributed by atoms with Crippen LogP contribution < -0.4 is 0 Å². The first-order chi connectivity index (χ1) is 5.70. The molecule has 12 heavy (non-hydrogen) atoms. The third-order valence-electron chi connectivity index (χ3n) is 1.82. The van der Waals surface area contributed by atoms with Crippen molar-refractivity contribution in [2.24, 2.45) is 7.05 Å². The maximum Gasteiger partial charge on any atom is 0.136 e. The van der Waals surface area contributed by atoms with Crippen LogP contribution in [0.15, 0.2) is 18.3 Å². The predicted octanol–water partition coefficient (Wildman–Crippen LogP) is 1.93. The maximum absolute atomic E-state index is 9.29. The quantitative estimate of drug-likeness (QED) is 0.676. The molecule has 0 aliphatic rings. The van der Waals surface area contributed by atoms with Crippen molar-refractivity contribution in [3.05, 3.63) is 23.4 Å². The summed E-state index contributed by atoms with van der Waals surface area (Å²) in [5, 5.41) is 14.6. The largest absolute Gasteiger partial charge is 0.506 e. The van der Waals surface area contributed by atoms with E-state index in [-0.39, 0.29) is 5.75 Å². The summed E-state index contributed by atoms with van der Waals surface area (Å²) in [6.45, 7) is 0. The molecule has 1 aromatic carbocycles. The number of hydrogen-bond acceptors (Lipinski definition) is 2. The van der Waals surface area contributed by atoms with Crippen molar-refractivity contribution in [2.45, 2.75) is 0 Å². The number of aromatic nitrogens is 2. The van der Waals surface area contributed by atoms with Gasteiger partial charge in [0.25, 0.3) is 0 Å². The fourth-order valence-corrected chi connectivity index (χ4v) is 1.50. The number of aryl methyl sites for hydroxylation is 1. The Labute approximate surface area is 74.2 Å². The number of rotatable bonds is 0. The van der Waals surface area contributed by atoms with Gasteiger partial charge < -0.3 is 5.11 Å². The SMILES string of the molecule is Cn1ncc2ccc(O)c(Cl)c21. The van der Waals surface area contributed by atoms with Gasteiger partial charge in [0.2, 0.25) is 0 Å². The van der Waals surface area contributed by atoms with Gasteiger partial charge in [-0.05, 0) is 12.1 Å². The number of phenols is 1. The molecule has 0 aliphatic carbocycles. The van der Waals surface area contributed by atoms with Crippen LogP contribution in [-0.2, 0) is 7.05 Å². The van der Waals surface area contributed by atoms with E-state index in [9.17, 15) is 5.11 Å². The monoisotopic (exact) mass is 182 g/mol. The maximum atomic E-state index is 9.29. The lowest BCUT2D eigenvalue weighted by molar-refractivity contribution is 0.476. The molecule has 0 amide bonds. The molecule has 0 saturated heterocycles. The lowest BCUT2D eigenvalue weighted by Gasteiger charge is -1.99. The number of benzene rings is 1. The van der Waals surface area contributed by atoms with Crippen molar-refractivity contribution in [3.63, 3.8) is 0 Å². The Morgan fingerprint density at radius 3 is 3.00 bits per heavy atom. The summed E-state index contributed by atoms with van der Waals surface area (Å²) >= 11 is 5.86. The van der Waals surface area contributed by atoms with Crippen LogP contribution in [0.3, 0.4) is 0 Å². The number of aromatic hydroxyl groups is 1. The summed E-state index contributed by atoms with van der Waals surface area (Å²) in [5.41, 5.74) is 0.761. The molecule has 0 unspecified atom stereocenters. The average Bonchev–Trinajstić information content (AvgIpc) is 2.41. The summed E-state index contributed by atoms with van der Waals surface area (Å²) in [6.07, 6.45) is 1.71. The van der Waals surface area contributed by atoms with E-state index in [1.54, 1.807) is 30.1 Å². The van der Waals surface area contributed by atoms with E-state index in [0.29, 0.717) is 5.02 Å². The van der Waals surface area contributed by atoms with Gasteiger partial charge in [0, 0.05) is 12.4 Å². The molecule has 62 valence electrons. The highest BCUT2D eigenvalue weighted by atomic mass is 35.5. The Kier molecular flexibility index (Phi) is 1.48. The van der Waals surface area contributed by atoms with E-state index in [2.05, 4.69) is 5.10 Å². The first kappa shape index (κ1) is 7.43. The van der Waals surface area contributed by atoms with Crippen LogP contribution in [0.25, 0.3) is 10.9 Å². The van der Waals surface area contributed by atoms with Gasteiger partial charge in [0.15, 0.2) is 0 Å². The van der Waals surface area contributed by atoms with Gasteiger partial charge in [-0.2, -0.15) is 5.10 Å². The summed E-state index contributed by atoms with van der Waals surface area (Å²) < 4.78 is 1.64. The molecule has 1 aromatic heterocycles. The molecule has 0 atom stereocenters. The molecular weight excluding hydrogens is 176 g/mol. The molecule has 1 N–H and O–H groups in total. The molecule has 0 aliphatic heterocycles. The van der Waals surface area contributed by atoms with Gasteiger partial charge in [0.05, 0.1) is 11.7 Å². The molecule has 0 spiro atoms. The van der Waals surface area contributed by atoms with E-state index in [1.165, 1.54) is 0 Å². The normalized spacial score (nSPS) is 10.8. The summed E-state index contributed by atoms with van der Waals surface area (Å²) in [4.78, 5) is 0. The van der Waals surface area contributed by atoms with Crippen molar-refractivity contribution in [3.8, 4) is 5.75 Å². The molecule has 0 bridgehead atoms. The molecule has 1 heterocycles. The van der Waals surface area contributed by atoms with Crippen LogP contribution in [-0.4, -0.2) is 14.9 Å². The van der Waals surface area contributed by atoms with E-state index in [0.717, 1.165) is 10.9 Å². The van der Waals surface area contributed by atoms with Gasteiger partial charge in [-0.1, -0.05) is 11.6 Å². The second-order valence-corrected chi connectivity index (χ2v) is 2.98. The van der Waals surface area contributed by atoms with Gasteiger partial charge in [-0.25, -0.2) is 0 Å². The summed E-state index contributed by atoms with van der Waals surface area (Å²) in [6, 6.07) is 3.34. The molecule has 0 radical (unpaired) electrons. The lowest BCUT2D eigenvalue weighted by Crippen LogP contribution is -1.89. The molecule has 0 saturated carbocycles. The van der Waals surface area contributed by atoms with E-state index < -0.39 is 0 Å². The minimum Gasteiger partial charge on any atom is -0.506 e. The molecule has 2 aromatic rings. The van der Waals surface area contributed by atoms with Crippen LogP contribution in [0, 0.1) is 0 Å². The van der Waals surface area contributed by atoms with E-state index >= 15 is 0 Å². The fourth-order valence-electron chi connectivity index (χ4n) is 1.21. The first-order valence-electron chi connectivity index (χ1n) is 3.49. The van der Waals surface area contributed by atoms with Crippen molar-refractivity contribution in [1.82, 2.24) is 9.78 Å². The fraction of sp³-hybridized carbons (Fsp3) is 0.125. The summed E-state index contributed by atoms with van der Waals surface area (Å²) in [7, 11) is 1.79. The third kappa shape index (κ3) is 0.865. The molecule has 0 fully saturated rings. The second kappa shape index (κ2) is 2.38. The molecule has 3 nitrogen and oxygen atoms in total. The first-order valence-corrected chi connectivity index (χ1v) is 3.87. The highest BCUT2D eigenvalue weighted by Crippen LogP contribution is 2.30. The Morgan fingerprint density at radius 1 is 1.50 bits per heavy atom. The van der Waals surface area contributed by atoms with Crippen molar-refractivity contribution >= 4 is 22.5 Å². The van der Waals surface area contributed by atoms with Gasteiger partial charge in [-0.15, -0.1) is 0 Å². The van der Waals surface area contributed by atoms with Crippen molar-refractivity contribution in [2.75, 3.05) is 0 Å².